The van der Waals surface area contributed by atoms with E-state index in [9.17, 15) is 14.7 Å². The quantitative estimate of drug-likeness (QED) is 0.558. The molecule has 6 nitrogen and oxygen atoms in total. The van der Waals surface area contributed by atoms with Gasteiger partial charge in [-0.25, -0.2) is 9.59 Å². The van der Waals surface area contributed by atoms with Gasteiger partial charge in [-0.05, 0) is 48.5 Å². The van der Waals surface area contributed by atoms with Gasteiger partial charge in [0.05, 0.1) is 11.1 Å². The molecule has 1 saturated heterocycles. The van der Waals surface area contributed by atoms with Crippen LogP contribution in [0.1, 0.15) is 20.7 Å². The third-order valence-electron chi connectivity index (χ3n) is 4.06. The highest BCUT2D eigenvalue weighted by Crippen LogP contribution is 2.28. The van der Waals surface area contributed by atoms with Crippen molar-refractivity contribution in [3.05, 3.63) is 69.7 Å². The van der Waals surface area contributed by atoms with E-state index in [2.05, 4.69) is 0 Å². The number of rotatable bonds is 5. The van der Waals surface area contributed by atoms with Gasteiger partial charge in [0.25, 0.3) is 0 Å². The highest BCUT2D eigenvalue weighted by atomic mass is 35.5. The fourth-order valence-electron chi connectivity index (χ4n) is 2.56. The van der Waals surface area contributed by atoms with E-state index < -0.39 is 35.8 Å². The smallest absolute Gasteiger partial charge is 0.338 e. The summed E-state index contributed by atoms with van der Waals surface area (Å²) in [5, 5.41) is 11.3. The standard InChI is InChI=1S/C19H15Cl3O6/c20-12-5-1-10(2-6-12)18(24)26-9-14-15(23)16(17(22)27-14)28-19(25)11-3-7-13(21)8-4-11/h1-8,14-17,23H,9H2/t14-,15-,16-,17?/m1/s1. The summed E-state index contributed by atoms with van der Waals surface area (Å²) in [7, 11) is 0. The number of alkyl halides is 1. The van der Waals surface area contributed by atoms with Gasteiger partial charge in [-0.3, -0.25) is 0 Å². The van der Waals surface area contributed by atoms with Crippen molar-refractivity contribution < 1.29 is 28.9 Å². The maximum Gasteiger partial charge on any atom is 0.338 e. The molecule has 2 aromatic carbocycles. The van der Waals surface area contributed by atoms with E-state index in [1.807, 2.05) is 0 Å². The van der Waals surface area contributed by atoms with Gasteiger partial charge in [0.2, 0.25) is 0 Å². The van der Waals surface area contributed by atoms with E-state index >= 15 is 0 Å². The molecule has 0 aromatic heterocycles. The summed E-state index contributed by atoms with van der Waals surface area (Å²) in [5.74, 6) is -1.30. The normalized spacial score (nSPS) is 24.0. The van der Waals surface area contributed by atoms with E-state index in [0.717, 1.165) is 0 Å². The summed E-state index contributed by atoms with van der Waals surface area (Å²) in [4.78, 5) is 24.2. The van der Waals surface area contributed by atoms with E-state index in [1.54, 1.807) is 12.1 Å². The molecule has 0 aliphatic carbocycles. The molecule has 4 atom stereocenters. The van der Waals surface area contributed by atoms with Crippen LogP contribution in [0.15, 0.2) is 48.5 Å². The van der Waals surface area contributed by atoms with Crippen LogP contribution in [0.2, 0.25) is 10.0 Å². The molecule has 1 heterocycles. The van der Waals surface area contributed by atoms with Crippen molar-refractivity contribution in [1.29, 1.82) is 0 Å². The van der Waals surface area contributed by atoms with Gasteiger partial charge in [0, 0.05) is 10.0 Å². The van der Waals surface area contributed by atoms with Gasteiger partial charge in [0.1, 0.15) is 18.8 Å². The molecule has 2 aromatic rings. The van der Waals surface area contributed by atoms with Crippen molar-refractivity contribution in [2.45, 2.75) is 23.9 Å². The number of esters is 2. The predicted molar refractivity (Wildman–Crippen MR) is 103 cm³/mol. The average molecular weight is 446 g/mol. The Hall–Kier alpha value is -1.83. The first-order chi connectivity index (χ1) is 13.3. The van der Waals surface area contributed by atoms with Crippen LogP contribution in [0.3, 0.4) is 0 Å². The monoisotopic (exact) mass is 444 g/mol. The Morgan fingerprint density at radius 1 is 0.929 bits per heavy atom. The zero-order valence-electron chi connectivity index (χ0n) is 14.3. The molecular formula is C19H15Cl3O6. The SMILES string of the molecule is O=C(OC[C@H]1OC(Cl)[C@H](OC(=O)c2ccc(Cl)cc2)[C@@H]1O)c1ccc(Cl)cc1. The molecule has 3 rings (SSSR count). The summed E-state index contributed by atoms with van der Waals surface area (Å²) in [6.07, 6.45) is -3.33. The summed E-state index contributed by atoms with van der Waals surface area (Å²) in [6, 6.07) is 12.2. The molecule has 1 aliphatic heterocycles. The Bertz CT molecular complexity index is 840. The van der Waals surface area contributed by atoms with Crippen LogP contribution in [0, 0.1) is 0 Å². The molecule has 0 spiro atoms. The number of halogens is 3. The van der Waals surface area contributed by atoms with Crippen LogP contribution in [0.5, 0.6) is 0 Å². The molecule has 1 fully saturated rings. The molecule has 0 saturated carbocycles. The van der Waals surface area contributed by atoms with Crippen LogP contribution in [0.25, 0.3) is 0 Å². The number of hydrogen-bond donors (Lipinski definition) is 1. The molecule has 0 amide bonds. The van der Waals surface area contributed by atoms with Gasteiger partial charge in [-0.1, -0.05) is 34.8 Å². The summed E-state index contributed by atoms with van der Waals surface area (Å²) in [5.41, 5.74) is -0.548. The lowest BCUT2D eigenvalue weighted by molar-refractivity contribution is -0.0268. The minimum Gasteiger partial charge on any atom is -0.459 e. The van der Waals surface area contributed by atoms with Crippen molar-refractivity contribution in [2.24, 2.45) is 0 Å². The lowest BCUT2D eigenvalue weighted by Gasteiger charge is -2.18. The number of carbonyl (C=O) groups is 2. The highest BCUT2D eigenvalue weighted by molar-refractivity contribution is 6.31. The summed E-state index contributed by atoms with van der Waals surface area (Å²) >= 11 is 17.6. The molecule has 1 aliphatic rings. The van der Waals surface area contributed by atoms with Crippen molar-refractivity contribution in [3.8, 4) is 0 Å². The molecule has 28 heavy (non-hydrogen) atoms. The fourth-order valence-corrected chi connectivity index (χ4v) is 3.14. The van der Waals surface area contributed by atoms with Crippen molar-refractivity contribution in [1.82, 2.24) is 0 Å². The fraction of sp³-hybridized carbons (Fsp3) is 0.263. The second-order valence-corrected chi connectivity index (χ2v) is 7.30. The number of benzene rings is 2. The van der Waals surface area contributed by atoms with E-state index in [-0.39, 0.29) is 12.2 Å². The second kappa shape index (κ2) is 9.11. The largest absolute Gasteiger partial charge is 0.459 e. The first-order valence-corrected chi connectivity index (χ1v) is 9.41. The first kappa shape index (κ1) is 20.9. The third kappa shape index (κ3) is 4.96. The lowest BCUT2D eigenvalue weighted by Crippen LogP contribution is -2.37. The number of aliphatic hydroxyl groups is 1. The Kier molecular flexibility index (Phi) is 6.80. The third-order valence-corrected chi connectivity index (χ3v) is 4.92. The van der Waals surface area contributed by atoms with Gasteiger partial charge in [0.15, 0.2) is 11.7 Å². The molecule has 9 heteroatoms. The van der Waals surface area contributed by atoms with Gasteiger partial charge < -0.3 is 19.3 Å². The van der Waals surface area contributed by atoms with Crippen LogP contribution >= 0.6 is 34.8 Å². The van der Waals surface area contributed by atoms with E-state index in [1.165, 1.54) is 36.4 Å². The van der Waals surface area contributed by atoms with E-state index in [4.69, 9.17) is 49.0 Å². The van der Waals surface area contributed by atoms with Gasteiger partial charge in [-0.15, -0.1) is 0 Å². The van der Waals surface area contributed by atoms with Gasteiger partial charge in [-0.2, -0.15) is 0 Å². The number of aliphatic hydroxyl groups excluding tert-OH is 1. The van der Waals surface area contributed by atoms with Crippen molar-refractivity contribution in [2.75, 3.05) is 6.61 Å². The van der Waals surface area contributed by atoms with Crippen LogP contribution in [0.4, 0.5) is 0 Å². The topological polar surface area (TPSA) is 82.1 Å². The number of carbonyl (C=O) groups excluding carboxylic acids is 2. The summed E-state index contributed by atoms with van der Waals surface area (Å²) < 4.78 is 15.8. The molecule has 148 valence electrons. The average Bonchev–Trinajstić information content (AvgIpc) is 2.94. The molecule has 0 bridgehead atoms. The Morgan fingerprint density at radius 3 is 1.96 bits per heavy atom. The lowest BCUT2D eigenvalue weighted by atomic mass is 10.1. The van der Waals surface area contributed by atoms with E-state index in [0.29, 0.717) is 15.6 Å². The minimum absolute atomic E-state index is 0.248. The molecule has 1 N–H and O–H groups in total. The highest BCUT2D eigenvalue weighted by Gasteiger charge is 2.46. The number of ether oxygens (including phenoxy) is 3. The molecular weight excluding hydrogens is 431 g/mol. The number of hydrogen-bond acceptors (Lipinski definition) is 6. The second-order valence-electron chi connectivity index (χ2n) is 6.00. The molecule has 0 radical (unpaired) electrons. The maximum atomic E-state index is 12.2. The van der Waals surface area contributed by atoms with Crippen LogP contribution in [-0.2, 0) is 14.2 Å². The maximum absolute atomic E-state index is 12.2. The summed E-state index contributed by atoms with van der Waals surface area (Å²) in [6.45, 7) is -0.263. The van der Waals surface area contributed by atoms with Crippen molar-refractivity contribution >= 4 is 46.7 Å². The Balaban J connectivity index is 1.56. The van der Waals surface area contributed by atoms with Gasteiger partial charge >= 0.3 is 11.9 Å². The van der Waals surface area contributed by atoms with Crippen molar-refractivity contribution in [3.63, 3.8) is 0 Å². The Morgan fingerprint density at radius 2 is 1.43 bits per heavy atom. The molecule has 1 unspecified atom stereocenters. The predicted octanol–water partition coefficient (Wildman–Crippen LogP) is 3.70. The van der Waals surface area contributed by atoms with Crippen LogP contribution < -0.4 is 0 Å². The van der Waals surface area contributed by atoms with Crippen LogP contribution in [-0.4, -0.2) is 47.5 Å². The first-order valence-electron chi connectivity index (χ1n) is 8.22. The zero-order valence-corrected chi connectivity index (χ0v) is 16.5. The zero-order chi connectivity index (χ0) is 20.3. The Labute approximate surface area is 175 Å². The minimum atomic E-state index is -1.27.